The minimum atomic E-state index is 0.0744. The largest absolute Gasteiger partial charge is 0.337 e. The van der Waals surface area contributed by atoms with Gasteiger partial charge in [-0.15, -0.1) is 0 Å². The van der Waals surface area contributed by atoms with Crippen LogP contribution in [0.4, 0.5) is 4.79 Å². The normalized spacial score (nSPS) is 25.8. The van der Waals surface area contributed by atoms with Crippen molar-refractivity contribution in [1.82, 2.24) is 10.2 Å². The summed E-state index contributed by atoms with van der Waals surface area (Å²) in [6.07, 6.45) is 6.87. The van der Waals surface area contributed by atoms with E-state index in [1.165, 1.54) is 30.4 Å². The summed E-state index contributed by atoms with van der Waals surface area (Å²) in [6.45, 7) is 2.43. The first kappa shape index (κ1) is 17.2. The first-order valence-electron chi connectivity index (χ1n) is 9.67. The molecule has 3 aliphatic rings. The molecule has 5 heteroatoms. The third-order valence-electron chi connectivity index (χ3n) is 6.41. The van der Waals surface area contributed by atoms with Crippen molar-refractivity contribution in [3.05, 3.63) is 35.4 Å². The zero-order valence-electron chi connectivity index (χ0n) is 14.9. The third kappa shape index (κ3) is 3.54. The van der Waals surface area contributed by atoms with E-state index < -0.39 is 0 Å². The summed E-state index contributed by atoms with van der Waals surface area (Å²) in [5.41, 5.74) is 9.39. The number of nitrogens with zero attached hydrogens (tertiary/aromatic N) is 1. The summed E-state index contributed by atoms with van der Waals surface area (Å²) in [5, 5.41) is 3.56. The van der Waals surface area contributed by atoms with Crippen molar-refractivity contribution in [2.45, 2.75) is 49.3 Å². The Morgan fingerprint density at radius 1 is 1.28 bits per heavy atom. The molecule has 1 saturated carbocycles. The average Bonchev–Trinajstić information content (AvgIpc) is 2.64. The van der Waals surface area contributed by atoms with Crippen LogP contribution in [0.5, 0.6) is 0 Å². The number of amides is 2. The molecule has 1 saturated heterocycles. The molecule has 0 radical (unpaired) electrons. The monoisotopic (exact) mass is 359 g/mol. The van der Waals surface area contributed by atoms with Crippen LogP contribution in [-0.2, 0) is 6.42 Å². The fraction of sp³-hybridized carbons (Fsp3) is 0.650. The van der Waals surface area contributed by atoms with Gasteiger partial charge in [0, 0.05) is 30.4 Å². The number of fused-ring (bicyclic) bond motifs is 1. The van der Waals surface area contributed by atoms with Gasteiger partial charge in [0.2, 0.25) is 0 Å². The van der Waals surface area contributed by atoms with Gasteiger partial charge in [0.15, 0.2) is 0 Å². The SMILES string of the molecule is NC1(C2CCN(C(=O)NCC3SCCc4ccccc43)CC2)CCC1. The van der Waals surface area contributed by atoms with Gasteiger partial charge in [-0.3, -0.25) is 0 Å². The van der Waals surface area contributed by atoms with E-state index in [9.17, 15) is 4.79 Å². The smallest absolute Gasteiger partial charge is 0.317 e. The Balaban J connectivity index is 1.28. The molecule has 0 aromatic heterocycles. The number of carbonyl (C=O) groups is 1. The molecular weight excluding hydrogens is 330 g/mol. The quantitative estimate of drug-likeness (QED) is 0.870. The summed E-state index contributed by atoms with van der Waals surface area (Å²) in [6, 6.07) is 8.75. The van der Waals surface area contributed by atoms with E-state index in [1.54, 1.807) is 0 Å². The first-order valence-corrected chi connectivity index (χ1v) is 10.7. The molecule has 1 aliphatic carbocycles. The Kier molecular flexibility index (Phi) is 4.96. The number of urea groups is 1. The Labute approximate surface area is 154 Å². The lowest BCUT2D eigenvalue weighted by Crippen LogP contribution is -2.57. The second-order valence-electron chi connectivity index (χ2n) is 7.84. The van der Waals surface area contributed by atoms with Crippen molar-refractivity contribution < 1.29 is 4.79 Å². The van der Waals surface area contributed by atoms with Crippen molar-refractivity contribution in [3.63, 3.8) is 0 Å². The van der Waals surface area contributed by atoms with Gasteiger partial charge in [0.1, 0.15) is 0 Å². The fourth-order valence-corrected chi connectivity index (χ4v) is 5.82. The molecule has 4 rings (SSSR count). The number of hydrogen-bond acceptors (Lipinski definition) is 3. The van der Waals surface area contributed by atoms with Crippen LogP contribution in [0.25, 0.3) is 0 Å². The summed E-state index contributed by atoms with van der Waals surface area (Å²) >= 11 is 1.96. The zero-order chi connectivity index (χ0) is 17.3. The number of likely N-dealkylation sites (tertiary alicyclic amines) is 1. The molecule has 2 amide bonds. The summed E-state index contributed by atoms with van der Waals surface area (Å²) in [7, 11) is 0. The molecule has 25 heavy (non-hydrogen) atoms. The van der Waals surface area contributed by atoms with Crippen molar-refractivity contribution in [2.75, 3.05) is 25.4 Å². The second kappa shape index (κ2) is 7.20. The Bertz CT molecular complexity index is 623. The highest BCUT2D eigenvalue weighted by molar-refractivity contribution is 7.99. The van der Waals surface area contributed by atoms with E-state index in [4.69, 9.17) is 5.73 Å². The number of rotatable bonds is 3. The van der Waals surface area contributed by atoms with E-state index in [-0.39, 0.29) is 11.6 Å². The Morgan fingerprint density at radius 2 is 2.04 bits per heavy atom. The van der Waals surface area contributed by atoms with E-state index in [0.29, 0.717) is 11.2 Å². The minimum absolute atomic E-state index is 0.0744. The van der Waals surface area contributed by atoms with Gasteiger partial charge in [-0.2, -0.15) is 11.8 Å². The second-order valence-corrected chi connectivity index (χ2v) is 9.15. The van der Waals surface area contributed by atoms with Crippen LogP contribution in [0, 0.1) is 5.92 Å². The van der Waals surface area contributed by atoms with Crippen molar-refractivity contribution in [1.29, 1.82) is 0 Å². The molecule has 2 heterocycles. The molecule has 136 valence electrons. The van der Waals surface area contributed by atoms with Crippen LogP contribution in [0.2, 0.25) is 0 Å². The maximum absolute atomic E-state index is 12.6. The molecule has 1 aromatic carbocycles. The molecule has 0 bridgehead atoms. The number of benzene rings is 1. The number of nitrogens with two attached hydrogens (primary N) is 1. The van der Waals surface area contributed by atoms with Crippen LogP contribution in [0.3, 0.4) is 0 Å². The average molecular weight is 360 g/mol. The van der Waals surface area contributed by atoms with Gasteiger partial charge < -0.3 is 16.0 Å². The predicted molar refractivity (Wildman–Crippen MR) is 104 cm³/mol. The van der Waals surface area contributed by atoms with Crippen LogP contribution in [0.1, 0.15) is 48.5 Å². The number of piperidine rings is 1. The number of aryl methyl sites for hydroxylation is 1. The minimum Gasteiger partial charge on any atom is -0.337 e. The lowest BCUT2D eigenvalue weighted by atomic mass is 9.66. The molecule has 1 unspecified atom stereocenters. The van der Waals surface area contributed by atoms with E-state index in [1.807, 2.05) is 16.7 Å². The van der Waals surface area contributed by atoms with Gasteiger partial charge in [-0.05, 0) is 61.3 Å². The standard InChI is InChI=1S/C20H29N3OS/c21-20(9-3-10-20)16-6-11-23(12-7-16)19(24)22-14-18-17-5-2-1-4-15(17)8-13-25-18/h1-2,4-5,16,18H,3,6-14,21H2,(H,22,24). The molecule has 4 nitrogen and oxygen atoms in total. The fourth-order valence-electron chi connectivity index (χ4n) is 4.59. The molecule has 1 aromatic rings. The molecule has 2 aliphatic heterocycles. The van der Waals surface area contributed by atoms with Crippen molar-refractivity contribution >= 4 is 17.8 Å². The highest BCUT2D eigenvalue weighted by atomic mass is 32.2. The van der Waals surface area contributed by atoms with Gasteiger partial charge in [-0.25, -0.2) is 4.79 Å². The number of hydrogen-bond donors (Lipinski definition) is 2. The summed E-state index contributed by atoms with van der Waals surface area (Å²) < 4.78 is 0. The maximum Gasteiger partial charge on any atom is 0.317 e. The van der Waals surface area contributed by atoms with Crippen LogP contribution >= 0.6 is 11.8 Å². The first-order chi connectivity index (χ1) is 12.2. The highest BCUT2D eigenvalue weighted by Gasteiger charge is 2.41. The molecule has 3 N–H and O–H groups in total. The molecule has 0 spiro atoms. The maximum atomic E-state index is 12.6. The van der Waals surface area contributed by atoms with Crippen molar-refractivity contribution in [3.8, 4) is 0 Å². The lowest BCUT2D eigenvalue weighted by molar-refractivity contribution is 0.0895. The van der Waals surface area contributed by atoms with Crippen molar-refractivity contribution in [2.24, 2.45) is 11.7 Å². The third-order valence-corrected chi connectivity index (χ3v) is 7.67. The zero-order valence-corrected chi connectivity index (χ0v) is 15.7. The van der Waals surface area contributed by atoms with E-state index >= 15 is 0 Å². The molecular formula is C20H29N3OS. The van der Waals surface area contributed by atoms with Gasteiger partial charge >= 0.3 is 6.03 Å². The molecule has 1 atom stereocenters. The summed E-state index contributed by atoms with van der Waals surface area (Å²) in [5.74, 6) is 1.74. The Hall–Kier alpha value is -1.20. The van der Waals surface area contributed by atoms with Crippen LogP contribution in [-0.4, -0.2) is 41.9 Å². The van der Waals surface area contributed by atoms with Gasteiger partial charge in [0.05, 0.1) is 0 Å². The van der Waals surface area contributed by atoms with Gasteiger partial charge in [-0.1, -0.05) is 24.3 Å². The predicted octanol–water partition coefficient (Wildman–Crippen LogP) is 3.32. The summed E-state index contributed by atoms with van der Waals surface area (Å²) in [4.78, 5) is 14.6. The lowest BCUT2D eigenvalue weighted by Gasteiger charge is -2.48. The number of thioether (sulfide) groups is 1. The van der Waals surface area contributed by atoms with Crippen LogP contribution < -0.4 is 11.1 Å². The topological polar surface area (TPSA) is 58.4 Å². The van der Waals surface area contributed by atoms with E-state index in [0.717, 1.165) is 44.6 Å². The van der Waals surface area contributed by atoms with Crippen LogP contribution in [0.15, 0.2) is 24.3 Å². The highest BCUT2D eigenvalue weighted by Crippen LogP contribution is 2.41. The Morgan fingerprint density at radius 3 is 2.76 bits per heavy atom. The van der Waals surface area contributed by atoms with E-state index in [2.05, 4.69) is 29.6 Å². The number of carbonyl (C=O) groups excluding carboxylic acids is 1. The van der Waals surface area contributed by atoms with Gasteiger partial charge in [0.25, 0.3) is 0 Å². The number of nitrogens with one attached hydrogen (secondary N) is 1. The molecule has 2 fully saturated rings.